The van der Waals surface area contributed by atoms with Crippen LogP contribution in [0, 0.1) is 17.6 Å². The number of nitrogens with one attached hydrogen (secondary N) is 1. The van der Waals surface area contributed by atoms with Gasteiger partial charge in [0.25, 0.3) is 0 Å². The van der Waals surface area contributed by atoms with Crippen LogP contribution in [0.25, 0.3) is 0 Å². The fourth-order valence-corrected chi connectivity index (χ4v) is 2.14. The second-order valence-corrected chi connectivity index (χ2v) is 4.51. The van der Waals surface area contributed by atoms with Gasteiger partial charge in [-0.2, -0.15) is 0 Å². The topological polar surface area (TPSA) is 21.3 Å². The minimum atomic E-state index is -0.864. The zero-order valence-electron chi connectivity index (χ0n) is 9.88. The van der Waals surface area contributed by atoms with Crippen molar-refractivity contribution in [1.29, 1.82) is 0 Å². The number of hydrogen-bond acceptors (Lipinski definition) is 2. The van der Waals surface area contributed by atoms with Crippen molar-refractivity contribution >= 4 is 0 Å². The first kappa shape index (κ1) is 12.3. The summed E-state index contributed by atoms with van der Waals surface area (Å²) in [5, 5.41) is 3.31. The average molecular weight is 241 g/mol. The summed E-state index contributed by atoms with van der Waals surface area (Å²) >= 11 is 0. The molecule has 0 bridgehead atoms. The van der Waals surface area contributed by atoms with Crippen molar-refractivity contribution in [3.05, 3.63) is 29.8 Å². The van der Waals surface area contributed by atoms with Crippen molar-refractivity contribution in [2.45, 2.75) is 25.9 Å². The third-order valence-electron chi connectivity index (χ3n) is 3.21. The van der Waals surface area contributed by atoms with E-state index in [4.69, 9.17) is 4.74 Å². The van der Waals surface area contributed by atoms with Crippen molar-refractivity contribution in [2.24, 2.45) is 5.92 Å². The predicted molar refractivity (Wildman–Crippen MR) is 62.0 cm³/mol. The quantitative estimate of drug-likeness (QED) is 0.878. The van der Waals surface area contributed by atoms with Gasteiger partial charge in [0, 0.05) is 18.5 Å². The van der Waals surface area contributed by atoms with E-state index in [-0.39, 0.29) is 6.10 Å². The molecular weight excluding hydrogens is 224 g/mol. The molecule has 0 aliphatic carbocycles. The van der Waals surface area contributed by atoms with E-state index in [1.54, 1.807) is 0 Å². The van der Waals surface area contributed by atoms with Gasteiger partial charge in [-0.3, -0.25) is 0 Å². The largest absolute Gasteiger partial charge is 0.490 e. The van der Waals surface area contributed by atoms with Gasteiger partial charge in [-0.1, -0.05) is 0 Å². The highest BCUT2D eigenvalue weighted by Gasteiger charge is 2.21. The summed E-state index contributed by atoms with van der Waals surface area (Å²) in [5.41, 5.74) is 0. The van der Waals surface area contributed by atoms with E-state index in [1.807, 2.05) is 6.92 Å². The molecule has 1 aliphatic heterocycles. The summed E-state index contributed by atoms with van der Waals surface area (Å²) in [4.78, 5) is 0. The lowest BCUT2D eigenvalue weighted by Crippen LogP contribution is -2.37. The Labute approximate surface area is 100.0 Å². The molecule has 4 heteroatoms. The molecule has 2 rings (SSSR count). The summed E-state index contributed by atoms with van der Waals surface area (Å²) in [7, 11) is 0. The maximum atomic E-state index is 13.0. The number of halogens is 2. The van der Waals surface area contributed by atoms with Gasteiger partial charge in [0.2, 0.25) is 0 Å². The van der Waals surface area contributed by atoms with Crippen LogP contribution in [0.1, 0.15) is 19.8 Å². The first-order valence-corrected chi connectivity index (χ1v) is 5.99. The van der Waals surface area contributed by atoms with Crippen molar-refractivity contribution in [3.63, 3.8) is 0 Å². The van der Waals surface area contributed by atoms with E-state index in [2.05, 4.69) is 5.32 Å². The predicted octanol–water partition coefficient (Wildman–Crippen LogP) is 2.73. The molecule has 0 spiro atoms. The van der Waals surface area contributed by atoms with Crippen LogP contribution >= 0.6 is 0 Å². The second kappa shape index (κ2) is 5.45. The molecule has 94 valence electrons. The number of hydrogen-bond donors (Lipinski definition) is 1. The average Bonchev–Trinajstić information content (AvgIpc) is 2.35. The normalized spacial score (nSPS) is 22.2. The van der Waals surface area contributed by atoms with Crippen LogP contribution in [-0.4, -0.2) is 19.2 Å². The Kier molecular flexibility index (Phi) is 3.94. The van der Waals surface area contributed by atoms with Crippen molar-refractivity contribution in [3.8, 4) is 5.75 Å². The third-order valence-corrected chi connectivity index (χ3v) is 3.21. The van der Waals surface area contributed by atoms with E-state index >= 15 is 0 Å². The van der Waals surface area contributed by atoms with Gasteiger partial charge in [-0.05, 0) is 38.4 Å². The number of ether oxygens (including phenoxy) is 1. The molecule has 1 aromatic rings. The van der Waals surface area contributed by atoms with E-state index < -0.39 is 11.6 Å². The summed E-state index contributed by atoms with van der Waals surface area (Å²) in [6.45, 7) is 3.94. The molecule has 1 heterocycles. The van der Waals surface area contributed by atoms with E-state index in [9.17, 15) is 8.78 Å². The van der Waals surface area contributed by atoms with Gasteiger partial charge in [-0.25, -0.2) is 8.78 Å². The lowest BCUT2D eigenvalue weighted by molar-refractivity contribution is 0.131. The van der Waals surface area contributed by atoms with Gasteiger partial charge < -0.3 is 10.1 Å². The lowest BCUT2D eigenvalue weighted by atomic mass is 9.95. The first-order valence-electron chi connectivity index (χ1n) is 5.99. The molecule has 1 N–H and O–H groups in total. The zero-order valence-corrected chi connectivity index (χ0v) is 9.88. The maximum Gasteiger partial charge on any atom is 0.162 e. The molecule has 1 aliphatic rings. The van der Waals surface area contributed by atoms with Crippen LogP contribution in [-0.2, 0) is 0 Å². The number of benzene rings is 1. The van der Waals surface area contributed by atoms with Gasteiger partial charge >= 0.3 is 0 Å². The Morgan fingerprint density at radius 1 is 1.35 bits per heavy atom. The fourth-order valence-electron chi connectivity index (χ4n) is 2.14. The summed E-state index contributed by atoms with van der Waals surface area (Å²) in [5.74, 6) is -0.889. The SMILES string of the molecule is CC(Oc1ccc(F)c(F)c1)C1CCCNC1. The van der Waals surface area contributed by atoms with Crippen molar-refractivity contribution < 1.29 is 13.5 Å². The van der Waals surface area contributed by atoms with Crippen LogP contribution < -0.4 is 10.1 Å². The van der Waals surface area contributed by atoms with E-state index in [1.165, 1.54) is 6.07 Å². The number of piperidine rings is 1. The molecule has 1 fully saturated rings. The third kappa shape index (κ3) is 3.16. The Bertz CT molecular complexity index is 378. The van der Waals surface area contributed by atoms with Crippen LogP contribution in [0.5, 0.6) is 5.75 Å². The van der Waals surface area contributed by atoms with Crippen molar-refractivity contribution in [1.82, 2.24) is 5.32 Å². The number of rotatable bonds is 3. The highest BCUT2D eigenvalue weighted by molar-refractivity contribution is 5.23. The summed E-state index contributed by atoms with van der Waals surface area (Å²) < 4.78 is 31.4. The zero-order chi connectivity index (χ0) is 12.3. The Balaban J connectivity index is 1.96. The van der Waals surface area contributed by atoms with Gasteiger partial charge in [0.15, 0.2) is 11.6 Å². The van der Waals surface area contributed by atoms with Crippen LogP contribution in [0.15, 0.2) is 18.2 Å². The Morgan fingerprint density at radius 2 is 2.18 bits per heavy atom. The standard InChI is InChI=1S/C13H17F2NO/c1-9(10-3-2-6-16-8-10)17-11-4-5-12(14)13(15)7-11/h4-5,7,9-10,16H,2-3,6,8H2,1H3. The molecule has 2 atom stereocenters. The smallest absolute Gasteiger partial charge is 0.162 e. The molecule has 2 unspecified atom stereocenters. The molecule has 2 nitrogen and oxygen atoms in total. The highest BCUT2D eigenvalue weighted by Crippen LogP contribution is 2.22. The second-order valence-electron chi connectivity index (χ2n) is 4.51. The molecule has 17 heavy (non-hydrogen) atoms. The summed E-state index contributed by atoms with van der Waals surface area (Å²) in [6, 6.07) is 3.66. The molecule has 0 amide bonds. The van der Waals surface area contributed by atoms with Crippen molar-refractivity contribution in [2.75, 3.05) is 13.1 Å². The summed E-state index contributed by atoms with van der Waals surface area (Å²) in [6.07, 6.45) is 2.25. The molecule has 0 aromatic heterocycles. The molecular formula is C13H17F2NO. The monoisotopic (exact) mass is 241 g/mol. The Morgan fingerprint density at radius 3 is 2.82 bits per heavy atom. The van der Waals surface area contributed by atoms with Gasteiger partial charge in [0.1, 0.15) is 5.75 Å². The molecule has 1 saturated heterocycles. The first-order chi connectivity index (χ1) is 8.16. The van der Waals surface area contributed by atoms with E-state index in [0.29, 0.717) is 11.7 Å². The molecule has 1 aromatic carbocycles. The van der Waals surface area contributed by atoms with Crippen LogP contribution in [0.4, 0.5) is 8.78 Å². The minimum Gasteiger partial charge on any atom is -0.490 e. The highest BCUT2D eigenvalue weighted by atomic mass is 19.2. The van der Waals surface area contributed by atoms with Crippen LogP contribution in [0.2, 0.25) is 0 Å². The van der Waals surface area contributed by atoms with Crippen LogP contribution in [0.3, 0.4) is 0 Å². The minimum absolute atomic E-state index is 0.00709. The van der Waals surface area contributed by atoms with Gasteiger partial charge in [0.05, 0.1) is 6.10 Å². The van der Waals surface area contributed by atoms with E-state index in [0.717, 1.165) is 38.1 Å². The lowest BCUT2D eigenvalue weighted by Gasteiger charge is -2.28. The maximum absolute atomic E-state index is 13.0. The fraction of sp³-hybridized carbons (Fsp3) is 0.538. The molecule has 0 saturated carbocycles. The Hall–Kier alpha value is -1.16. The van der Waals surface area contributed by atoms with Gasteiger partial charge in [-0.15, -0.1) is 0 Å². The molecule has 0 radical (unpaired) electrons.